The number of hydrogen-bond acceptors (Lipinski definition) is 1. The number of nitrogens with zero attached hydrogens (tertiary/aromatic N) is 1. The second-order valence-corrected chi connectivity index (χ2v) is 5.29. The molecule has 0 atom stereocenters. The van der Waals surface area contributed by atoms with Crippen LogP contribution < -0.4 is 0 Å². The quantitative estimate of drug-likeness (QED) is 0.759. The molecule has 0 aliphatic rings. The number of halogens is 1. The SMILES string of the molecule is CN(C)Cc1ccccc1-c1c[nH]c2ccc(F)cc12. The number of aromatic nitrogens is 1. The van der Waals surface area contributed by atoms with Gasteiger partial charge in [0.15, 0.2) is 0 Å². The van der Waals surface area contributed by atoms with Crippen LogP contribution in [0.15, 0.2) is 48.7 Å². The molecule has 0 spiro atoms. The summed E-state index contributed by atoms with van der Waals surface area (Å²) in [5.74, 6) is -0.205. The molecule has 0 amide bonds. The molecule has 3 heteroatoms. The third kappa shape index (κ3) is 2.32. The molecule has 0 bridgehead atoms. The number of fused-ring (bicyclic) bond motifs is 1. The van der Waals surface area contributed by atoms with Gasteiger partial charge in [0.05, 0.1) is 0 Å². The Kier molecular flexibility index (Phi) is 3.28. The van der Waals surface area contributed by atoms with Gasteiger partial charge in [-0.05, 0) is 43.4 Å². The predicted octanol–water partition coefficient (Wildman–Crippen LogP) is 4.04. The first kappa shape index (κ1) is 12.9. The van der Waals surface area contributed by atoms with E-state index < -0.39 is 0 Å². The smallest absolute Gasteiger partial charge is 0.123 e. The number of rotatable bonds is 3. The Bertz CT molecular complexity index is 744. The highest BCUT2D eigenvalue weighted by molar-refractivity contribution is 5.96. The first-order chi connectivity index (χ1) is 9.65. The van der Waals surface area contributed by atoms with E-state index in [-0.39, 0.29) is 5.82 Å². The molecule has 1 heterocycles. The molecule has 20 heavy (non-hydrogen) atoms. The lowest BCUT2D eigenvalue weighted by molar-refractivity contribution is 0.403. The molecule has 0 unspecified atom stereocenters. The van der Waals surface area contributed by atoms with E-state index in [1.165, 1.54) is 11.6 Å². The molecular formula is C17H17FN2. The van der Waals surface area contributed by atoms with Gasteiger partial charge < -0.3 is 9.88 Å². The van der Waals surface area contributed by atoms with Crippen molar-refractivity contribution in [3.05, 3.63) is 60.0 Å². The van der Waals surface area contributed by atoms with Gasteiger partial charge >= 0.3 is 0 Å². The van der Waals surface area contributed by atoms with E-state index in [0.717, 1.165) is 28.6 Å². The highest BCUT2D eigenvalue weighted by Crippen LogP contribution is 2.31. The van der Waals surface area contributed by atoms with Crippen molar-refractivity contribution < 1.29 is 4.39 Å². The van der Waals surface area contributed by atoms with Crippen molar-refractivity contribution in [3.8, 4) is 11.1 Å². The van der Waals surface area contributed by atoms with Crippen LogP contribution in [0, 0.1) is 5.82 Å². The zero-order valence-corrected chi connectivity index (χ0v) is 11.7. The van der Waals surface area contributed by atoms with Crippen molar-refractivity contribution in [2.45, 2.75) is 6.54 Å². The standard InChI is InChI=1S/C17H17FN2/c1-20(2)11-12-5-3-4-6-14(12)16-10-19-17-8-7-13(18)9-15(16)17/h3-10,19H,11H2,1-2H3. The summed E-state index contributed by atoms with van der Waals surface area (Å²) in [6, 6.07) is 13.1. The van der Waals surface area contributed by atoms with Crippen LogP contribution in [-0.2, 0) is 6.54 Å². The van der Waals surface area contributed by atoms with Gasteiger partial charge in [-0.25, -0.2) is 4.39 Å². The average Bonchev–Trinajstić information content (AvgIpc) is 2.81. The predicted molar refractivity (Wildman–Crippen MR) is 81.1 cm³/mol. The molecule has 3 rings (SSSR count). The average molecular weight is 268 g/mol. The van der Waals surface area contributed by atoms with Crippen LogP contribution in [-0.4, -0.2) is 24.0 Å². The number of H-pyrrole nitrogens is 1. The molecule has 1 aromatic heterocycles. The fraction of sp³-hybridized carbons (Fsp3) is 0.176. The van der Waals surface area contributed by atoms with Crippen LogP contribution in [0.3, 0.4) is 0 Å². The fourth-order valence-corrected chi connectivity index (χ4v) is 2.58. The zero-order chi connectivity index (χ0) is 14.1. The van der Waals surface area contributed by atoms with Crippen LogP contribution in [0.1, 0.15) is 5.56 Å². The lowest BCUT2D eigenvalue weighted by atomic mass is 9.99. The van der Waals surface area contributed by atoms with Crippen molar-refractivity contribution in [2.24, 2.45) is 0 Å². The van der Waals surface area contributed by atoms with Crippen molar-refractivity contribution in [1.82, 2.24) is 9.88 Å². The van der Waals surface area contributed by atoms with Gasteiger partial charge in [0, 0.05) is 29.2 Å². The molecular weight excluding hydrogens is 251 g/mol. The van der Waals surface area contributed by atoms with E-state index in [2.05, 4.69) is 22.0 Å². The van der Waals surface area contributed by atoms with Gasteiger partial charge in [0.1, 0.15) is 5.82 Å². The summed E-state index contributed by atoms with van der Waals surface area (Å²) in [6.07, 6.45) is 1.96. The molecule has 0 radical (unpaired) electrons. The summed E-state index contributed by atoms with van der Waals surface area (Å²) in [5.41, 5.74) is 4.40. The van der Waals surface area contributed by atoms with E-state index in [9.17, 15) is 4.39 Å². The first-order valence-electron chi connectivity index (χ1n) is 6.65. The van der Waals surface area contributed by atoms with Gasteiger partial charge in [-0.15, -0.1) is 0 Å². The topological polar surface area (TPSA) is 19.0 Å². The number of nitrogens with one attached hydrogen (secondary N) is 1. The summed E-state index contributed by atoms with van der Waals surface area (Å²) >= 11 is 0. The van der Waals surface area contributed by atoms with Crippen molar-refractivity contribution in [1.29, 1.82) is 0 Å². The Balaban J connectivity index is 2.18. The zero-order valence-electron chi connectivity index (χ0n) is 11.7. The number of hydrogen-bond donors (Lipinski definition) is 1. The Morgan fingerprint density at radius 3 is 2.65 bits per heavy atom. The molecule has 102 valence electrons. The maximum atomic E-state index is 13.5. The molecule has 0 saturated carbocycles. The largest absolute Gasteiger partial charge is 0.361 e. The van der Waals surface area contributed by atoms with Crippen LogP contribution in [0.5, 0.6) is 0 Å². The van der Waals surface area contributed by atoms with Crippen LogP contribution in [0.25, 0.3) is 22.0 Å². The summed E-state index contributed by atoms with van der Waals surface area (Å²) < 4.78 is 13.5. The van der Waals surface area contributed by atoms with Crippen molar-refractivity contribution in [3.63, 3.8) is 0 Å². The van der Waals surface area contributed by atoms with Gasteiger partial charge in [0.25, 0.3) is 0 Å². The van der Waals surface area contributed by atoms with Crippen LogP contribution in [0.4, 0.5) is 4.39 Å². The molecule has 1 N–H and O–H groups in total. The maximum Gasteiger partial charge on any atom is 0.123 e. The van der Waals surface area contributed by atoms with Crippen LogP contribution in [0.2, 0.25) is 0 Å². The fourth-order valence-electron chi connectivity index (χ4n) is 2.58. The monoisotopic (exact) mass is 268 g/mol. The summed E-state index contributed by atoms with van der Waals surface area (Å²) in [7, 11) is 4.09. The van der Waals surface area contributed by atoms with Crippen molar-refractivity contribution >= 4 is 10.9 Å². The van der Waals surface area contributed by atoms with Gasteiger partial charge in [0.2, 0.25) is 0 Å². The molecule has 2 nitrogen and oxygen atoms in total. The van der Waals surface area contributed by atoms with E-state index in [1.807, 2.05) is 32.4 Å². The van der Waals surface area contributed by atoms with E-state index in [0.29, 0.717) is 0 Å². The van der Waals surface area contributed by atoms with Gasteiger partial charge in [-0.3, -0.25) is 0 Å². The third-order valence-corrected chi connectivity index (χ3v) is 3.44. The second-order valence-electron chi connectivity index (χ2n) is 5.29. The number of aromatic amines is 1. The normalized spacial score (nSPS) is 11.4. The molecule has 0 saturated heterocycles. The second kappa shape index (κ2) is 5.10. The highest BCUT2D eigenvalue weighted by Gasteiger charge is 2.11. The van der Waals surface area contributed by atoms with Crippen molar-refractivity contribution in [2.75, 3.05) is 14.1 Å². The Hall–Kier alpha value is -2.13. The van der Waals surface area contributed by atoms with Gasteiger partial charge in [-0.2, -0.15) is 0 Å². The molecule has 2 aromatic carbocycles. The first-order valence-corrected chi connectivity index (χ1v) is 6.65. The molecule has 3 aromatic rings. The maximum absolute atomic E-state index is 13.5. The van der Waals surface area contributed by atoms with E-state index >= 15 is 0 Å². The lowest BCUT2D eigenvalue weighted by Crippen LogP contribution is -2.11. The Labute approximate surface area is 117 Å². The molecule has 0 fully saturated rings. The minimum Gasteiger partial charge on any atom is -0.361 e. The van der Waals surface area contributed by atoms with Crippen LogP contribution >= 0.6 is 0 Å². The Morgan fingerprint density at radius 1 is 1.05 bits per heavy atom. The summed E-state index contributed by atoms with van der Waals surface area (Å²) in [5, 5.41) is 0.927. The summed E-state index contributed by atoms with van der Waals surface area (Å²) in [6.45, 7) is 0.859. The van der Waals surface area contributed by atoms with Gasteiger partial charge in [-0.1, -0.05) is 24.3 Å². The van der Waals surface area contributed by atoms with E-state index in [4.69, 9.17) is 0 Å². The van der Waals surface area contributed by atoms with E-state index in [1.54, 1.807) is 12.1 Å². The lowest BCUT2D eigenvalue weighted by Gasteiger charge is -2.13. The molecule has 0 aliphatic carbocycles. The highest BCUT2D eigenvalue weighted by atomic mass is 19.1. The Morgan fingerprint density at radius 2 is 1.85 bits per heavy atom. The minimum absolute atomic E-state index is 0.205. The number of benzene rings is 2. The molecule has 0 aliphatic heterocycles. The third-order valence-electron chi connectivity index (χ3n) is 3.44. The summed E-state index contributed by atoms with van der Waals surface area (Å²) in [4.78, 5) is 5.35. The minimum atomic E-state index is -0.205.